The van der Waals surface area contributed by atoms with E-state index < -0.39 is 6.04 Å². The molecule has 0 aliphatic carbocycles. The third-order valence-electron chi connectivity index (χ3n) is 4.03. The van der Waals surface area contributed by atoms with Crippen LogP contribution in [-0.2, 0) is 9.59 Å². The molecule has 2 N–H and O–H groups in total. The van der Waals surface area contributed by atoms with Crippen molar-refractivity contribution < 1.29 is 9.59 Å². The number of carbonyl (C=O) groups excluding carboxylic acids is 2. The van der Waals surface area contributed by atoms with Gasteiger partial charge in [0.15, 0.2) is 0 Å². The lowest BCUT2D eigenvalue weighted by Crippen LogP contribution is -2.23. The molecule has 4 rings (SSSR count). The van der Waals surface area contributed by atoms with Gasteiger partial charge in [-0.1, -0.05) is 35.3 Å². The van der Waals surface area contributed by atoms with Gasteiger partial charge in [0.05, 0.1) is 28.2 Å². The van der Waals surface area contributed by atoms with E-state index in [-0.39, 0.29) is 18.2 Å². The number of fused-ring (bicyclic) bond motifs is 3. The highest BCUT2D eigenvalue weighted by Gasteiger charge is 2.34. The lowest BCUT2D eigenvalue weighted by Gasteiger charge is -2.12. The quantitative estimate of drug-likeness (QED) is 0.730. The van der Waals surface area contributed by atoms with Crippen LogP contribution >= 0.6 is 23.2 Å². The molecule has 1 atom stereocenters. The van der Waals surface area contributed by atoms with Crippen LogP contribution in [0.1, 0.15) is 12.5 Å². The summed E-state index contributed by atoms with van der Waals surface area (Å²) in [6.45, 7) is 0. The Morgan fingerprint density at radius 3 is 2.88 bits per heavy atom. The molecular formula is C17H12Cl2N4O2. The first-order chi connectivity index (χ1) is 12.0. The van der Waals surface area contributed by atoms with Gasteiger partial charge in [-0.15, -0.1) is 0 Å². The smallest absolute Gasteiger partial charge is 0.250 e. The molecule has 0 saturated heterocycles. The van der Waals surface area contributed by atoms with Crippen molar-refractivity contribution in [3.63, 3.8) is 0 Å². The van der Waals surface area contributed by atoms with E-state index in [0.29, 0.717) is 21.7 Å². The van der Waals surface area contributed by atoms with Crippen molar-refractivity contribution in [3.8, 4) is 0 Å². The first-order valence-corrected chi connectivity index (χ1v) is 8.31. The van der Waals surface area contributed by atoms with Gasteiger partial charge < -0.3 is 5.32 Å². The van der Waals surface area contributed by atoms with Crippen molar-refractivity contribution in [2.75, 3.05) is 10.6 Å². The monoisotopic (exact) mass is 374 g/mol. The average Bonchev–Trinajstić information content (AvgIpc) is 3.07. The summed E-state index contributed by atoms with van der Waals surface area (Å²) in [4.78, 5) is 29.0. The highest BCUT2D eigenvalue weighted by Crippen LogP contribution is 2.33. The minimum absolute atomic E-state index is 0.0397. The van der Waals surface area contributed by atoms with E-state index in [4.69, 9.17) is 23.2 Å². The molecule has 0 unspecified atom stereocenters. The Bertz CT molecular complexity index is 1020. The van der Waals surface area contributed by atoms with Crippen LogP contribution in [0.4, 0.5) is 11.6 Å². The zero-order valence-corrected chi connectivity index (χ0v) is 14.3. The molecule has 0 fully saturated rings. The molecule has 0 saturated carbocycles. The third kappa shape index (κ3) is 2.83. The van der Waals surface area contributed by atoms with Crippen molar-refractivity contribution in [2.45, 2.75) is 12.5 Å². The molecule has 3 aromatic rings. The molecule has 2 aromatic carbocycles. The van der Waals surface area contributed by atoms with Gasteiger partial charge in [-0.25, -0.2) is 4.98 Å². The van der Waals surface area contributed by atoms with Crippen molar-refractivity contribution in [1.82, 2.24) is 9.55 Å². The van der Waals surface area contributed by atoms with Crippen LogP contribution in [0.15, 0.2) is 42.5 Å². The Hall–Kier alpha value is -2.57. The van der Waals surface area contributed by atoms with E-state index in [2.05, 4.69) is 15.6 Å². The molecular weight excluding hydrogens is 363 g/mol. The maximum absolute atomic E-state index is 12.4. The van der Waals surface area contributed by atoms with Crippen molar-refractivity contribution >= 4 is 57.7 Å². The van der Waals surface area contributed by atoms with Gasteiger partial charge in [0.1, 0.15) is 6.04 Å². The zero-order valence-electron chi connectivity index (χ0n) is 12.8. The molecule has 1 aliphatic rings. The Morgan fingerprint density at radius 1 is 1.24 bits per heavy atom. The topological polar surface area (TPSA) is 76.0 Å². The number of hydrogen-bond acceptors (Lipinski definition) is 3. The molecule has 0 radical (unpaired) electrons. The normalized spacial score (nSPS) is 15.9. The predicted molar refractivity (Wildman–Crippen MR) is 97.1 cm³/mol. The maximum atomic E-state index is 12.4. The minimum atomic E-state index is -0.666. The molecule has 6 nitrogen and oxygen atoms in total. The fourth-order valence-corrected chi connectivity index (χ4v) is 3.25. The summed E-state index contributed by atoms with van der Waals surface area (Å²) < 4.78 is 1.75. The second-order valence-corrected chi connectivity index (χ2v) is 6.52. The number of hydrogen-bond donors (Lipinski definition) is 2. The summed E-state index contributed by atoms with van der Waals surface area (Å²) >= 11 is 12.0. The summed E-state index contributed by atoms with van der Waals surface area (Å²) in [5.74, 6) is -0.152. The van der Waals surface area contributed by atoms with Gasteiger partial charge in [0, 0.05) is 5.02 Å². The van der Waals surface area contributed by atoms with E-state index in [9.17, 15) is 9.59 Å². The molecule has 2 heterocycles. The standard InChI is InChI=1S/C17H12Cl2N4O2/c18-9-5-6-10(19)12(7-9)20-15(24)8-14-16(25)22-17-21-11-3-1-2-4-13(11)23(14)17/h1-7,14H,8H2,(H,20,24)(H,21,22,25)/t14-/m1/s1. The van der Waals surface area contributed by atoms with Crippen LogP contribution in [-0.4, -0.2) is 21.4 Å². The van der Waals surface area contributed by atoms with E-state index in [0.717, 1.165) is 11.0 Å². The van der Waals surface area contributed by atoms with Gasteiger partial charge in [0.25, 0.3) is 0 Å². The molecule has 0 spiro atoms. The molecule has 126 valence electrons. The van der Waals surface area contributed by atoms with Crippen LogP contribution in [0.5, 0.6) is 0 Å². The molecule has 8 heteroatoms. The molecule has 1 aromatic heterocycles. The summed E-state index contributed by atoms with van der Waals surface area (Å²) in [5, 5.41) is 6.25. The number of nitrogens with zero attached hydrogens (tertiary/aromatic N) is 2. The van der Waals surface area contributed by atoms with Gasteiger partial charge in [-0.05, 0) is 30.3 Å². The number of aromatic nitrogens is 2. The fraction of sp³-hybridized carbons (Fsp3) is 0.118. The summed E-state index contributed by atoms with van der Waals surface area (Å²) in [6.07, 6.45) is -0.0397. The second-order valence-electron chi connectivity index (χ2n) is 5.68. The first-order valence-electron chi connectivity index (χ1n) is 7.55. The zero-order chi connectivity index (χ0) is 17.6. The van der Waals surface area contributed by atoms with Crippen molar-refractivity contribution in [3.05, 3.63) is 52.5 Å². The van der Waals surface area contributed by atoms with Crippen LogP contribution in [0.25, 0.3) is 11.0 Å². The summed E-state index contributed by atoms with van der Waals surface area (Å²) in [6, 6.07) is 11.6. The van der Waals surface area contributed by atoms with E-state index in [1.807, 2.05) is 24.3 Å². The van der Waals surface area contributed by atoms with E-state index in [1.165, 1.54) is 0 Å². The number of carbonyl (C=O) groups is 2. The number of benzene rings is 2. The number of para-hydroxylation sites is 2. The first kappa shape index (κ1) is 15.9. The van der Waals surface area contributed by atoms with E-state index >= 15 is 0 Å². The highest BCUT2D eigenvalue weighted by molar-refractivity contribution is 6.35. The average molecular weight is 375 g/mol. The van der Waals surface area contributed by atoms with Crippen LogP contribution < -0.4 is 10.6 Å². The Kier molecular flexibility index (Phi) is 3.86. The molecule has 0 bridgehead atoms. The minimum Gasteiger partial charge on any atom is -0.325 e. The number of halogens is 2. The Labute approximate surface area is 152 Å². The maximum Gasteiger partial charge on any atom is 0.250 e. The second kappa shape index (κ2) is 6.06. The van der Waals surface area contributed by atoms with Gasteiger partial charge in [0.2, 0.25) is 17.8 Å². The number of imidazole rings is 1. The Morgan fingerprint density at radius 2 is 2.04 bits per heavy atom. The number of nitrogens with one attached hydrogen (secondary N) is 2. The van der Waals surface area contributed by atoms with Crippen LogP contribution in [0.3, 0.4) is 0 Å². The molecule has 2 amide bonds. The number of amides is 2. The van der Waals surface area contributed by atoms with Crippen molar-refractivity contribution in [2.24, 2.45) is 0 Å². The van der Waals surface area contributed by atoms with Crippen molar-refractivity contribution in [1.29, 1.82) is 0 Å². The number of rotatable bonds is 3. The molecule has 25 heavy (non-hydrogen) atoms. The highest BCUT2D eigenvalue weighted by atomic mass is 35.5. The SMILES string of the molecule is O=C(C[C@@H]1C(=O)Nc2nc3ccccc3n21)Nc1cc(Cl)ccc1Cl. The lowest BCUT2D eigenvalue weighted by atomic mass is 10.1. The van der Waals surface area contributed by atoms with Crippen LogP contribution in [0, 0.1) is 0 Å². The predicted octanol–water partition coefficient (Wildman–Crippen LogP) is 3.87. The largest absolute Gasteiger partial charge is 0.325 e. The number of anilines is 2. The Balaban J connectivity index is 1.60. The fourth-order valence-electron chi connectivity index (χ4n) is 2.91. The lowest BCUT2D eigenvalue weighted by molar-refractivity contribution is -0.123. The molecule has 1 aliphatic heterocycles. The summed E-state index contributed by atoms with van der Waals surface area (Å²) in [5.41, 5.74) is 1.98. The van der Waals surface area contributed by atoms with Gasteiger partial charge in [-0.3, -0.25) is 19.5 Å². The van der Waals surface area contributed by atoms with E-state index in [1.54, 1.807) is 22.8 Å². The summed E-state index contributed by atoms with van der Waals surface area (Å²) in [7, 11) is 0. The van der Waals surface area contributed by atoms with Gasteiger partial charge >= 0.3 is 0 Å². The van der Waals surface area contributed by atoms with Gasteiger partial charge in [-0.2, -0.15) is 0 Å². The van der Waals surface area contributed by atoms with Crippen LogP contribution in [0.2, 0.25) is 10.0 Å². The third-order valence-corrected chi connectivity index (χ3v) is 4.59.